The van der Waals surface area contributed by atoms with Gasteiger partial charge in [-0.3, -0.25) is 10.0 Å². The van der Waals surface area contributed by atoms with Crippen molar-refractivity contribution in [3.05, 3.63) is 87.1 Å². The van der Waals surface area contributed by atoms with Crippen molar-refractivity contribution in [3.8, 4) is 0 Å². The summed E-state index contributed by atoms with van der Waals surface area (Å²) in [6, 6.07) is 14.2. The van der Waals surface area contributed by atoms with Gasteiger partial charge in [-0.25, -0.2) is 0 Å². The molecule has 2 aromatic carbocycles. The molecule has 1 saturated carbocycles. The standard InChI is InChI=1S/C27H31N3.C6H11N/c1-18-4-7-20(8-5-18)25-16-29(3)28-26-22(15-27(12-13-27)17-30(25)26)14-21-9-6-19(2)23-10-11-24(21)23;1-4-6(3)7-5-2/h4-9,14,25H,10-13,15-17H2,1-3H3;4-5H,1-3H3/b22-14+;6-4-,7-5?. The Morgan fingerprint density at radius 2 is 1.76 bits per heavy atom. The molecule has 0 bridgehead atoms. The van der Waals surface area contributed by atoms with Gasteiger partial charge in [-0.2, -0.15) is 5.10 Å². The molecule has 194 valence electrons. The highest BCUT2D eigenvalue weighted by atomic mass is 15.5. The lowest BCUT2D eigenvalue weighted by atomic mass is 9.80. The van der Waals surface area contributed by atoms with E-state index in [-0.39, 0.29) is 0 Å². The van der Waals surface area contributed by atoms with E-state index in [1.807, 2.05) is 26.8 Å². The van der Waals surface area contributed by atoms with E-state index in [1.165, 1.54) is 65.8 Å². The highest BCUT2D eigenvalue weighted by Gasteiger charge is 2.51. The fraction of sp³-hybridized carbons (Fsp3) is 0.455. The Kier molecular flexibility index (Phi) is 7.11. The number of piperidine rings is 1. The van der Waals surface area contributed by atoms with E-state index in [0.29, 0.717) is 11.5 Å². The predicted molar refractivity (Wildman–Crippen MR) is 157 cm³/mol. The minimum absolute atomic E-state index is 0.380. The van der Waals surface area contributed by atoms with Gasteiger partial charge in [0, 0.05) is 25.5 Å². The van der Waals surface area contributed by atoms with Crippen molar-refractivity contribution < 1.29 is 0 Å². The molecule has 2 aliphatic heterocycles. The molecule has 4 nitrogen and oxygen atoms in total. The maximum absolute atomic E-state index is 5.06. The summed E-state index contributed by atoms with van der Waals surface area (Å²) in [5, 5.41) is 7.22. The number of aliphatic imine (C=N–C) groups is 1. The minimum Gasteiger partial charge on any atom is -0.346 e. The van der Waals surface area contributed by atoms with Crippen molar-refractivity contribution in [2.75, 3.05) is 20.1 Å². The lowest BCUT2D eigenvalue weighted by Gasteiger charge is -2.46. The summed E-state index contributed by atoms with van der Waals surface area (Å²) in [6.07, 6.45) is 12.6. The number of benzene rings is 2. The number of aryl methyl sites for hydroxylation is 2. The lowest BCUT2D eigenvalue weighted by molar-refractivity contribution is 0.156. The largest absolute Gasteiger partial charge is 0.346 e. The summed E-state index contributed by atoms with van der Waals surface area (Å²) in [7, 11) is 2.13. The zero-order chi connectivity index (χ0) is 26.2. The number of hydrogen-bond acceptors (Lipinski definition) is 4. The van der Waals surface area contributed by atoms with Gasteiger partial charge >= 0.3 is 0 Å². The Labute approximate surface area is 223 Å². The third kappa shape index (κ3) is 5.30. The van der Waals surface area contributed by atoms with Gasteiger partial charge in [0.05, 0.1) is 12.6 Å². The second kappa shape index (κ2) is 10.3. The maximum Gasteiger partial charge on any atom is 0.152 e. The molecule has 0 amide bonds. The van der Waals surface area contributed by atoms with Crippen LogP contribution in [0.3, 0.4) is 0 Å². The molecule has 2 fully saturated rings. The van der Waals surface area contributed by atoms with Crippen LogP contribution in [-0.2, 0) is 12.8 Å². The Balaban J connectivity index is 0.000000355. The topological polar surface area (TPSA) is 31.2 Å². The Morgan fingerprint density at radius 1 is 1.03 bits per heavy atom. The quantitative estimate of drug-likeness (QED) is 0.420. The van der Waals surface area contributed by atoms with Crippen molar-refractivity contribution in [3.63, 3.8) is 0 Å². The van der Waals surface area contributed by atoms with Gasteiger partial charge in [-0.05, 0) is 112 Å². The molecular weight excluding hydrogens is 452 g/mol. The zero-order valence-corrected chi connectivity index (χ0v) is 23.5. The van der Waals surface area contributed by atoms with E-state index in [1.54, 1.807) is 17.3 Å². The normalized spacial score (nSPS) is 22.8. The number of rotatable bonds is 3. The van der Waals surface area contributed by atoms with Crippen LogP contribution in [0, 0.1) is 19.3 Å². The molecule has 2 heterocycles. The molecule has 1 atom stereocenters. The van der Waals surface area contributed by atoms with Crippen molar-refractivity contribution in [1.29, 1.82) is 0 Å². The molecule has 1 saturated heterocycles. The molecule has 4 aliphatic rings. The van der Waals surface area contributed by atoms with Crippen LogP contribution in [0.2, 0.25) is 0 Å². The molecule has 1 unspecified atom stereocenters. The average Bonchev–Trinajstić information content (AvgIpc) is 3.60. The number of hydrogen-bond donors (Lipinski definition) is 0. The molecule has 4 heteroatoms. The van der Waals surface area contributed by atoms with Gasteiger partial charge in [-0.15, -0.1) is 0 Å². The summed E-state index contributed by atoms with van der Waals surface area (Å²) < 4.78 is 0. The van der Waals surface area contributed by atoms with Crippen LogP contribution < -0.4 is 0 Å². The Hall–Kier alpha value is -3.14. The lowest BCUT2D eigenvalue weighted by Crippen LogP contribution is -2.51. The Bertz CT molecular complexity index is 1270. The van der Waals surface area contributed by atoms with E-state index in [0.717, 1.165) is 18.8 Å². The van der Waals surface area contributed by atoms with Crippen LogP contribution >= 0.6 is 0 Å². The fourth-order valence-corrected chi connectivity index (χ4v) is 5.94. The number of amidine groups is 1. The van der Waals surface area contributed by atoms with Crippen LogP contribution in [0.25, 0.3) is 6.08 Å². The maximum atomic E-state index is 5.06. The summed E-state index contributed by atoms with van der Waals surface area (Å²) in [4.78, 5) is 6.61. The smallest absolute Gasteiger partial charge is 0.152 e. The van der Waals surface area contributed by atoms with Crippen molar-refractivity contribution in [2.45, 2.75) is 72.8 Å². The van der Waals surface area contributed by atoms with Crippen LogP contribution in [0.1, 0.15) is 79.5 Å². The summed E-state index contributed by atoms with van der Waals surface area (Å²) in [5.41, 5.74) is 11.8. The average molecular weight is 495 g/mol. The van der Waals surface area contributed by atoms with Gasteiger partial charge in [0.1, 0.15) is 0 Å². The summed E-state index contributed by atoms with van der Waals surface area (Å²) in [6.45, 7) is 12.4. The van der Waals surface area contributed by atoms with Crippen LogP contribution in [-0.4, -0.2) is 42.1 Å². The van der Waals surface area contributed by atoms with Crippen molar-refractivity contribution in [2.24, 2.45) is 15.5 Å². The number of nitrogens with zero attached hydrogens (tertiary/aromatic N) is 4. The van der Waals surface area contributed by atoms with E-state index in [2.05, 4.69) is 78.3 Å². The van der Waals surface area contributed by atoms with E-state index in [9.17, 15) is 0 Å². The van der Waals surface area contributed by atoms with Crippen LogP contribution in [0.4, 0.5) is 0 Å². The fourth-order valence-electron chi connectivity index (χ4n) is 5.94. The SMILES string of the molecule is CC=N/C(C)=C\C.Cc1ccc(C2CN(C)N=C3/C(=C/c4ccc(C)c5c4CC5)CC4(CC4)CN32)cc1. The third-order valence-electron chi connectivity index (χ3n) is 8.54. The summed E-state index contributed by atoms with van der Waals surface area (Å²) in [5.74, 6) is 1.21. The predicted octanol–water partition coefficient (Wildman–Crippen LogP) is 7.27. The van der Waals surface area contributed by atoms with Gasteiger partial charge in [0.25, 0.3) is 0 Å². The van der Waals surface area contributed by atoms with Crippen LogP contribution in [0.5, 0.6) is 0 Å². The van der Waals surface area contributed by atoms with E-state index >= 15 is 0 Å². The van der Waals surface area contributed by atoms with Gasteiger partial charge in [-0.1, -0.05) is 48.0 Å². The number of allylic oxidation sites excluding steroid dienone is 2. The first-order chi connectivity index (χ1) is 17.8. The first-order valence-electron chi connectivity index (χ1n) is 13.9. The zero-order valence-electron chi connectivity index (χ0n) is 23.5. The second-order valence-electron chi connectivity index (χ2n) is 11.4. The monoisotopic (exact) mass is 494 g/mol. The van der Waals surface area contributed by atoms with Crippen LogP contribution in [0.15, 0.2) is 63.8 Å². The minimum atomic E-state index is 0.380. The third-order valence-corrected chi connectivity index (χ3v) is 8.54. The highest BCUT2D eigenvalue weighted by molar-refractivity contribution is 6.03. The van der Waals surface area contributed by atoms with E-state index in [4.69, 9.17) is 5.10 Å². The number of hydrazone groups is 1. The van der Waals surface area contributed by atoms with Crippen molar-refractivity contribution in [1.82, 2.24) is 9.91 Å². The summed E-state index contributed by atoms with van der Waals surface area (Å²) >= 11 is 0. The first-order valence-corrected chi connectivity index (χ1v) is 13.9. The molecular formula is C33H42N4. The molecule has 0 aromatic heterocycles. The molecule has 2 aliphatic carbocycles. The Morgan fingerprint density at radius 3 is 2.35 bits per heavy atom. The second-order valence-corrected chi connectivity index (χ2v) is 11.4. The molecule has 6 rings (SSSR count). The molecule has 2 aromatic rings. The molecule has 1 spiro atoms. The highest BCUT2D eigenvalue weighted by Crippen LogP contribution is 2.55. The molecule has 37 heavy (non-hydrogen) atoms. The van der Waals surface area contributed by atoms with E-state index < -0.39 is 0 Å². The van der Waals surface area contributed by atoms with Gasteiger partial charge in [0.15, 0.2) is 5.84 Å². The molecule has 0 N–H and O–H groups in total. The van der Waals surface area contributed by atoms with Crippen molar-refractivity contribution >= 4 is 18.1 Å². The number of likely N-dealkylation sites (N-methyl/N-ethyl adjacent to an activating group) is 1. The van der Waals surface area contributed by atoms with Gasteiger partial charge < -0.3 is 4.90 Å². The first kappa shape index (κ1) is 25.5. The number of fused-ring (bicyclic) bond motifs is 2. The molecule has 0 radical (unpaired) electrons. The van der Waals surface area contributed by atoms with Gasteiger partial charge in [0.2, 0.25) is 0 Å².